The third-order valence-corrected chi connectivity index (χ3v) is 3.14. The number of rotatable bonds is 4. The molecule has 0 radical (unpaired) electrons. The molecule has 96 valence electrons. The number of nitro benzene ring substituents is 1. The van der Waals surface area contributed by atoms with Gasteiger partial charge in [-0.1, -0.05) is 6.42 Å². The minimum Gasteiger partial charge on any atom is -0.496 e. The van der Waals surface area contributed by atoms with Crippen LogP contribution in [0.2, 0.25) is 0 Å². The number of nitrogens with one attached hydrogen (secondary N) is 1. The Kier molecular flexibility index (Phi) is 3.45. The maximum atomic E-state index is 11.8. The number of hydrogen-bond donors (Lipinski definition) is 1. The summed E-state index contributed by atoms with van der Waals surface area (Å²) in [6.45, 7) is 0. The topological polar surface area (TPSA) is 81.5 Å². The van der Waals surface area contributed by atoms with Crippen LogP contribution in [-0.2, 0) is 4.79 Å². The second-order valence-corrected chi connectivity index (χ2v) is 4.26. The molecule has 1 N–H and O–H groups in total. The molecule has 18 heavy (non-hydrogen) atoms. The van der Waals surface area contributed by atoms with Crippen LogP contribution >= 0.6 is 0 Å². The van der Waals surface area contributed by atoms with Crippen molar-refractivity contribution in [3.05, 3.63) is 28.3 Å². The lowest BCUT2D eigenvalue weighted by Gasteiger charge is -2.23. The number of anilines is 1. The van der Waals surface area contributed by atoms with E-state index < -0.39 is 4.92 Å². The zero-order valence-corrected chi connectivity index (χ0v) is 10.0. The van der Waals surface area contributed by atoms with Crippen molar-refractivity contribution in [2.45, 2.75) is 19.3 Å². The SMILES string of the molecule is COc1ccc(NC(=O)C2CCC2)c([N+](=O)[O-])c1. The van der Waals surface area contributed by atoms with E-state index in [0.29, 0.717) is 5.75 Å². The number of hydrogen-bond acceptors (Lipinski definition) is 4. The molecular weight excluding hydrogens is 236 g/mol. The summed E-state index contributed by atoms with van der Waals surface area (Å²) in [7, 11) is 1.44. The number of nitrogens with zero attached hydrogens (tertiary/aromatic N) is 1. The lowest BCUT2D eigenvalue weighted by Crippen LogP contribution is -2.28. The van der Waals surface area contributed by atoms with Gasteiger partial charge in [-0.3, -0.25) is 14.9 Å². The highest BCUT2D eigenvalue weighted by molar-refractivity contribution is 5.95. The van der Waals surface area contributed by atoms with Gasteiger partial charge in [0.2, 0.25) is 5.91 Å². The Bertz CT molecular complexity index is 483. The highest BCUT2D eigenvalue weighted by atomic mass is 16.6. The van der Waals surface area contributed by atoms with Gasteiger partial charge in [0, 0.05) is 5.92 Å². The maximum absolute atomic E-state index is 11.8. The largest absolute Gasteiger partial charge is 0.496 e. The standard InChI is InChI=1S/C12H14N2O4/c1-18-9-5-6-10(11(7-9)14(16)17)13-12(15)8-3-2-4-8/h5-8H,2-4H2,1H3,(H,13,15). The smallest absolute Gasteiger partial charge is 0.296 e. The predicted molar refractivity (Wildman–Crippen MR) is 65.6 cm³/mol. The Morgan fingerprint density at radius 1 is 1.50 bits per heavy atom. The molecular formula is C12H14N2O4. The number of amides is 1. The average Bonchev–Trinajstić information content (AvgIpc) is 2.26. The van der Waals surface area contributed by atoms with Crippen LogP contribution in [0, 0.1) is 16.0 Å². The van der Waals surface area contributed by atoms with Gasteiger partial charge in [0.05, 0.1) is 18.1 Å². The Hall–Kier alpha value is -2.11. The first-order valence-corrected chi connectivity index (χ1v) is 5.75. The third kappa shape index (κ3) is 2.42. The number of carbonyl (C=O) groups excluding carboxylic acids is 1. The van der Waals surface area contributed by atoms with Crippen molar-refractivity contribution >= 4 is 17.3 Å². The van der Waals surface area contributed by atoms with Gasteiger partial charge in [-0.25, -0.2) is 0 Å². The third-order valence-electron chi connectivity index (χ3n) is 3.14. The molecule has 1 fully saturated rings. The van der Waals surface area contributed by atoms with E-state index in [1.807, 2.05) is 0 Å². The molecule has 0 saturated heterocycles. The van der Waals surface area contributed by atoms with Crippen molar-refractivity contribution in [2.75, 3.05) is 12.4 Å². The van der Waals surface area contributed by atoms with E-state index in [1.165, 1.54) is 19.2 Å². The highest BCUT2D eigenvalue weighted by Gasteiger charge is 2.27. The van der Waals surface area contributed by atoms with E-state index in [-0.39, 0.29) is 23.2 Å². The van der Waals surface area contributed by atoms with E-state index in [0.717, 1.165) is 19.3 Å². The molecule has 1 saturated carbocycles. The molecule has 0 bridgehead atoms. The zero-order chi connectivity index (χ0) is 13.1. The molecule has 1 aromatic rings. The van der Waals surface area contributed by atoms with Gasteiger partial charge in [-0.05, 0) is 25.0 Å². The van der Waals surface area contributed by atoms with E-state index in [9.17, 15) is 14.9 Å². The van der Waals surface area contributed by atoms with Crippen molar-refractivity contribution in [1.82, 2.24) is 0 Å². The fourth-order valence-corrected chi connectivity index (χ4v) is 1.80. The van der Waals surface area contributed by atoms with E-state index in [1.54, 1.807) is 6.07 Å². The van der Waals surface area contributed by atoms with Crippen molar-refractivity contribution in [2.24, 2.45) is 5.92 Å². The van der Waals surface area contributed by atoms with E-state index >= 15 is 0 Å². The Morgan fingerprint density at radius 3 is 2.72 bits per heavy atom. The second kappa shape index (κ2) is 5.03. The first-order chi connectivity index (χ1) is 8.61. The summed E-state index contributed by atoms with van der Waals surface area (Å²) in [5.74, 6) is 0.240. The first-order valence-electron chi connectivity index (χ1n) is 5.75. The van der Waals surface area contributed by atoms with Crippen LogP contribution in [0.15, 0.2) is 18.2 Å². The predicted octanol–water partition coefficient (Wildman–Crippen LogP) is 2.34. The minimum atomic E-state index is -0.529. The van der Waals surface area contributed by atoms with Gasteiger partial charge in [-0.15, -0.1) is 0 Å². The molecule has 1 aliphatic rings. The Balaban J connectivity index is 2.20. The Labute approximate surface area is 104 Å². The van der Waals surface area contributed by atoms with Crippen molar-refractivity contribution in [3.8, 4) is 5.75 Å². The minimum absolute atomic E-state index is 0.00768. The summed E-state index contributed by atoms with van der Waals surface area (Å²) >= 11 is 0. The molecule has 6 nitrogen and oxygen atoms in total. The lowest BCUT2D eigenvalue weighted by molar-refractivity contribution is -0.384. The summed E-state index contributed by atoms with van der Waals surface area (Å²) in [6.07, 6.45) is 2.76. The molecule has 1 aromatic carbocycles. The number of nitro groups is 1. The van der Waals surface area contributed by atoms with Crippen molar-refractivity contribution in [1.29, 1.82) is 0 Å². The maximum Gasteiger partial charge on any atom is 0.296 e. The van der Waals surface area contributed by atoms with Gasteiger partial charge in [0.1, 0.15) is 11.4 Å². The second-order valence-electron chi connectivity index (χ2n) is 4.26. The quantitative estimate of drug-likeness (QED) is 0.656. The summed E-state index contributed by atoms with van der Waals surface area (Å²) in [5, 5.41) is 13.5. The van der Waals surface area contributed by atoms with Gasteiger partial charge >= 0.3 is 0 Å². The molecule has 6 heteroatoms. The molecule has 0 spiro atoms. The zero-order valence-electron chi connectivity index (χ0n) is 10.0. The monoisotopic (exact) mass is 250 g/mol. The van der Waals surface area contributed by atoms with Gasteiger partial charge in [-0.2, -0.15) is 0 Å². The van der Waals surface area contributed by atoms with Crippen LogP contribution in [0.5, 0.6) is 5.75 Å². The van der Waals surface area contributed by atoms with Crippen LogP contribution in [0.1, 0.15) is 19.3 Å². The normalized spacial score (nSPS) is 14.7. The van der Waals surface area contributed by atoms with Crippen LogP contribution in [0.25, 0.3) is 0 Å². The van der Waals surface area contributed by atoms with Crippen LogP contribution in [0.4, 0.5) is 11.4 Å². The van der Waals surface area contributed by atoms with Gasteiger partial charge in [0.15, 0.2) is 0 Å². The molecule has 0 unspecified atom stereocenters. The summed E-state index contributed by atoms with van der Waals surface area (Å²) in [5.41, 5.74) is 0.0692. The summed E-state index contributed by atoms with van der Waals surface area (Å²) in [4.78, 5) is 22.2. The lowest BCUT2D eigenvalue weighted by atomic mass is 9.85. The molecule has 1 amide bonds. The van der Waals surface area contributed by atoms with Crippen LogP contribution in [0.3, 0.4) is 0 Å². The highest BCUT2D eigenvalue weighted by Crippen LogP contribution is 2.32. The summed E-state index contributed by atoms with van der Waals surface area (Å²) < 4.78 is 4.93. The molecule has 0 aliphatic heterocycles. The first kappa shape index (κ1) is 12.3. The molecule has 2 rings (SSSR count). The van der Waals surface area contributed by atoms with Gasteiger partial charge in [0.25, 0.3) is 5.69 Å². The van der Waals surface area contributed by atoms with Gasteiger partial charge < -0.3 is 10.1 Å². The number of benzene rings is 1. The van der Waals surface area contributed by atoms with Crippen LogP contribution in [-0.4, -0.2) is 17.9 Å². The van der Waals surface area contributed by atoms with Crippen molar-refractivity contribution < 1.29 is 14.5 Å². The molecule has 0 aromatic heterocycles. The molecule has 1 aliphatic carbocycles. The fraction of sp³-hybridized carbons (Fsp3) is 0.417. The fourth-order valence-electron chi connectivity index (χ4n) is 1.80. The van der Waals surface area contributed by atoms with E-state index in [2.05, 4.69) is 5.32 Å². The number of ether oxygens (including phenoxy) is 1. The van der Waals surface area contributed by atoms with Crippen molar-refractivity contribution in [3.63, 3.8) is 0 Å². The summed E-state index contributed by atoms with van der Waals surface area (Å²) in [6, 6.07) is 4.38. The Morgan fingerprint density at radius 2 is 2.22 bits per heavy atom. The molecule has 0 heterocycles. The van der Waals surface area contributed by atoms with Crippen LogP contribution < -0.4 is 10.1 Å². The van der Waals surface area contributed by atoms with E-state index in [4.69, 9.17) is 4.74 Å². The molecule has 0 atom stereocenters. The average molecular weight is 250 g/mol. The number of methoxy groups -OCH3 is 1. The number of carbonyl (C=O) groups is 1.